The van der Waals surface area contributed by atoms with Gasteiger partial charge in [-0.1, -0.05) is 30.3 Å². The van der Waals surface area contributed by atoms with Gasteiger partial charge in [0.2, 0.25) is 5.91 Å². The zero-order valence-electron chi connectivity index (χ0n) is 14.7. The van der Waals surface area contributed by atoms with Crippen molar-refractivity contribution in [1.82, 2.24) is 24.6 Å². The van der Waals surface area contributed by atoms with Gasteiger partial charge in [0, 0.05) is 24.9 Å². The monoisotopic (exact) mass is 361 g/mol. The average Bonchev–Trinajstić information content (AvgIpc) is 3.11. The van der Waals surface area contributed by atoms with E-state index in [4.69, 9.17) is 0 Å². The Morgan fingerprint density at radius 2 is 1.85 bits per heavy atom. The van der Waals surface area contributed by atoms with Crippen molar-refractivity contribution in [2.24, 2.45) is 0 Å². The molecule has 4 rings (SSSR count). The number of fused-ring (bicyclic) bond motifs is 2. The van der Waals surface area contributed by atoms with Crippen LogP contribution in [-0.4, -0.2) is 31.8 Å². The van der Waals surface area contributed by atoms with E-state index in [-0.39, 0.29) is 11.5 Å². The molecule has 136 valence electrons. The number of nitrogens with one attached hydrogen (secondary N) is 1. The molecule has 7 heteroatoms. The van der Waals surface area contributed by atoms with Gasteiger partial charge >= 0.3 is 0 Å². The summed E-state index contributed by atoms with van der Waals surface area (Å²) in [6.07, 6.45) is 3.76. The maximum absolute atomic E-state index is 12.4. The molecule has 0 bridgehead atoms. The van der Waals surface area contributed by atoms with Crippen molar-refractivity contribution in [3.63, 3.8) is 0 Å². The van der Waals surface area contributed by atoms with E-state index in [0.29, 0.717) is 31.4 Å². The number of benzene rings is 2. The van der Waals surface area contributed by atoms with Gasteiger partial charge in [-0.3, -0.25) is 9.59 Å². The molecule has 2 heterocycles. The quantitative estimate of drug-likeness (QED) is 0.569. The first-order valence-electron chi connectivity index (χ1n) is 8.84. The lowest BCUT2D eigenvalue weighted by Gasteiger charge is -2.08. The zero-order valence-corrected chi connectivity index (χ0v) is 14.7. The molecule has 0 aliphatic heterocycles. The summed E-state index contributed by atoms with van der Waals surface area (Å²) in [5, 5.41) is 8.45. The van der Waals surface area contributed by atoms with Gasteiger partial charge in [-0.05, 0) is 18.2 Å². The molecule has 0 fully saturated rings. The summed E-state index contributed by atoms with van der Waals surface area (Å²) in [7, 11) is 0. The Bertz CT molecular complexity index is 1160. The maximum atomic E-state index is 12.4. The van der Waals surface area contributed by atoms with Crippen LogP contribution < -0.4 is 10.9 Å². The maximum Gasteiger partial charge on any atom is 0.274 e. The van der Waals surface area contributed by atoms with E-state index in [9.17, 15) is 9.59 Å². The summed E-state index contributed by atoms with van der Waals surface area (Å²) >= 11 is 0. The highest BCUT2D eigenvalue weighted by Crippen LogP contribution is 2.12. The lowest BCUT2D eigenvalue weighted by Crippen LogP contribution is -2.32. The molecule has 4 aromatic rings. The van der Waals surface area contributed by atoms with E-state index in [2.05, 4.69) is 15.4 Å². The van der Waals surface area contributed by atoms with Crippen molar-refractivity contribution in [3.05, 3.63) is 71.4 Å². The minimum absolute atomic E-state index is 0.0679. The zero-order chi connectivity index (χ0) is 18.6. The number of hydrogen-bond donors (Lipinski definition) is 1. The highest BCUT2D eigenvalue weighted by molar-refractivity contribution is 5.80. The number of amides is 1. The Hall–Kier alpha value is -3.48. The van der Waals surface area contributed by atoms with Gasteiger partial charge < -0.3 is 9.88 Å². The van der Waals surface area contributed by atoms with E-state index in [0.717, 1.165) is 16.4 Å². The van der Waals surface area contributed by atoms with Crippen molar-refractivity contribution in [1.29, 1.82) is 0 Å². The fourth-order valence-electron chi connectivity index (χ4n) is 3.09. The highest BCUT2D eigenvalue weighted by atomic mass is 16.1. The first-order valence-corrected chi connectivity index (χ1v) is 8.84. The van der Waals surface area contributed by atoms with Gasteiger partial charge in [0.15, 0.2) is 0 Å². The minimum Gasteiger partial charge on any atom is -0.354 e. The molecule has 1 amide bonds. The first-order chi connectivity index (χ1) is 13.2. The van der Waals surface area contributed by atoms with E-state index in [1.165, 1.54) is 4.68 Å². The molecule has 27 heavy (non-hydrogen) atoms. The third-order valence-electron chi connectivity index (χ3n) is 4.51. The first kappa shape index (κ1) is 17.0. The van der Waals surface area contributed by atoms with E-state index < -0.39 is 0 Å². The fourth-order valence-corrected chi connectivity index (χ4v) is 3.09. The highest BCUT2D eigenvalue weighted by Gasteiger charge is 2.07. The SMILES string of the molecule is O=C(CCn1cnc2ccccc21)NCCn1ncc2ccccc2c1=O. The van der Waals surface area contributed by atoms with Crippen LogP contribution >= 0.6 is 0 Å². The van der Waals surface area contributed by atoms with Crippen molar-refractivity contribution in [2.75, 3.05) is 6.54 Å². The van der Waals surface area contributed by atoms with E-state index in [1.54, 1.807) is 18.6 Å². The summed E-state index contributed by atoms with van der Waals surface area (Å²) < 4.78 is 3.34. The number of carbonyl (C=O) groups excluding carboxylic acids is 1. The van der Waals surface area contributed by atoms with E-state index in [1.807, 2.05) is 47.0 Å². The predicted molar refractivity (Wildman–Crippen MR) is 103 cm³/mol. The summed E-state index contributed by atoms with van der Waals surface area (Å²) in [6, 6.07) is 15.2. The number of carbonyl (C=O) groups is 1. The van der Waals surface area contributed by atoms with Crippen LogP contribution in [0.3, 0.4) is 0 Å². The van der Waals surface area contributed by atoms with Gasteiger partial charge in [0.05, 0.1) is 35.5 Å². The number of aryl methyl sites for hydroxylation is 1. The molecule has 2 aromatic carbocycles. The van der Waals surface area contributed by atoms with Crippen molar-refractivity contribution in [3.8, 4) is 0 Å². The van der Waals surface area contributed by atoms with Crippen LogP contribution in [0.25, 0.3) is 21.8 Å². The molecule has 0 aliphatic carbocycles. The summed E-state index contributed by atoms with van der Waals surface area (Å²) in [6.45, 7) is 1.25. The largest absolute Gasteiger partial charge is 0.354 e. The van der Waals surface area contributed by atoms with Gasteiger partial charge in [0.25, 0.3) is 5.56 Å². The van der Waals surface area contributed by atoms with Gasteiger partial charge in [-0.25, -0.2) is 9.67 Å². The number of imidazole rings is 1. The van der Waals surface area contributed by atoms with Crippen LogP contribution in [0.2, 0.25) is 0 Å². The van der Waals surface area contributed by atoms with Gasteiger partial charge in [-0.2, -0.15) is 5.10 Å². The molecular weight excluding hydrogens is 342 g/mol. The van der Waals surface area contributed by atoms with Crippen molar-refractivity contribution in [2.45, 2.75) is 19.5 Å². The van der Waals surface area contributed by atoms with Crippen molar-refractivity contribution < 1.29 is 4.79 Å². The Morgan fingerprint density at radius 3 is 2.78 bits per heavy atom. The molecule has 0 unspecified atom stereocenters. The molecule has 0 saturated heterocycles. The Labute approximate surface area is 155 Å². The van der Waals surface area contributed by atoms with Crippen LogP contribution in [0.5, 0.6) is 0 Å². The molecule has 0 spiro atoms. The summed E-state index contributed by atoms with van der Waals surface area (Å²) in [5.74, 6) is -0.0679. The number of para-hydroxylation sites is 2. The van der Waals surface area contributed by atoms with Crippen LogP contribution in [0.4, 0.5) is 0 Å². The lowest BCUT2D eigenvalue weighted by molar-refractivity contribution is -0.121. The third-order valence-corrected chi connectivity index (χ3v) is 4.51. The van der Waals surface area contributed by atoms with Crippen LogP contribution in [0.1, 0.15) is 6.42 Å². The molecule has 0 aliphatic rings. The number of hydrogen-bond acceptors (Lipinski definition) is 4. The molecule has 0 saturated carbocycles. The van der Waals surface area contributed by atoms with Gasteiger partial charge in [-0.15, -0.1) is 0 Å². The average molecular weight is 361 g/mol. The van der Waals surface area contributed by atoms with E-state index >= 15 is 0 Å². The summed E-state index contributed by atoms with van der Waals surface area (Å²) in [5.41, 5.74) is 1.78. The number of nitrogens with zero attached hydrogens (tertiary/aromatic N) is 4. The third kappa shape index (κ3) is 3.57. The second-order valence-corrected chi connectivity index (χ2v) is 6.29. The molecule has 2 aromatic heterocycles. The molecule has 0 atom stereocenters. The Morgan fingerprint density at radius 1 is 1.04 bits per heavy atom. The second kappa shape index (κ2) is 7.41. The molecule has 7 nitrogen and oxygen atoms in total. The summed E-state index contributed by atoms with van der Waals surface area (Å²) in [4.78, 5) is 28.8. The number of aromatic nitrogens is 4. The number of rotatable bonds is 6. The Kier molecular flexibility index (Phi) is 4.65. The van der Waals surface area contributed by atoms with Crippen LogP contribution in [0, 0.1) is 0 Å². The molecule has 1 N–H and O–H groups in total. The second-order valence-electron chi connectivity index (χ2n) is 6.29. The molecule has 0 radical (unpaired) electrons. The molecular formula is C20H19N5O2. The van der Waals surface area contributed by atoms with Crippen LogP contribution in [0.15, 0.2) is 65.8 Å². The standard InChI is InChI=1S/C20H19N5O2/c26-19(9-11-24-14-22-17-7-3-4-8-18(17)24)21-10-12-25-20(27)16-6-2-1-5-15(16)13-23-25/h1-8,13-14H,9-12H2,(H,21,26). The van der Waals surface area contributed by atoms with Gasteiger partial charge in [0.1, 0.15) is 0 Å². The topological polar surface area (TPSA) is 81.8 Å². The van der Waals surface area contributed by atoms with Crippen molar-refractivity contribution >= 4 is 27.7 Å². The lowest BCUT2D eigenvalue weighted by atomic mass is 10.2. The fraction of sp³-hybridized carbons (Fsp3) is 0.200. The normalized spacial score (nSPS) is 11.1. The predicted octanol–water partition coefficient (Wildman–Crippen LogP) is 1.95. The minimum atomic E-state index is -0.146. The smallest absolute Gasteiger partial charge is 0.274 e. The van der Waals surface area contributed by atoms with Crippen LogP contribution in [-0.2, 0) is 17.9 Å². The Balaban J connectivity index is 1.32.